The topological polar surface area (TPSA) is 32.3 Å². The van der Waals surface area contributed by atoms with E-state index in [2.05, 4.69) is 50.6 Å². The third kappa shape index (κ3) is 2.11. The minimum Gasteiger partial charge on any atom is -0.354 e. The van der Waals surface area contributed by atoms with Gasteiger partial charge < -0.3 is 9.80 Å². The van der Waals surface area contributed by atoms with Crippen LogP contribution in [0.2, 0.25) is 0 Å². The molecule has 2 aromatic rings. The lowest BCUT2D eigenvalue weighted by atomic mass is 10.0. The van der Waals surface area contributed by atoms with Crippen LogP contribution in [0, 0.1) is 11.8 Å². The van der Waals surface area contributed by atoms with Gasteiger partial charge in [-0.1, -0.05) is 6.07 Å². The normalized spacial score (nSPS) is 26.1. The highest BCUT2D eigenvalue weighted by Crippen LogP contribution is 2.32. The van der Waals surface area contributed by atoms with Gasteiger partial charge in [0, 0.05) is 26.2 Å². The number of anilines is 1. The van der Waals surface area contributed by atoms with Crippen molar-refractivity contribution in [1.29, 1.82) is 0 Å². The van der Waals surface area contributed by atoms with Crippen molar-refractivity contribution < 1.29 is 0 Å². The Bertz CT molecular complexity index is 566. The summed E-state index contributed by atoms with van der Waals surface area (Å²) < 4.78 is 0. The van der Waals surface area contributed by atoms with E-state index in [0.717, 1.165) is 36.4 Å². The molecule has 104 valence electrons. The number of hydrogen-bond acceptors (Lipinski definition) is 5. The van der Waals surface area contributed by atoms with E-state index in [1.165, 1.54) is 18.0 Å². The average Bonchev–Trinajstić information content (AvgIpc) is 3.13. The molecule has 2 fully saturated rings. The molecule has 0 saturated carbocycles. The number of rotatable bonds is 2. The maximum Gasteiger partial charge on any atom is 0.151 e. The van der Waals surface area contributed by atoms with Crippen LogP contribution in [0.15, 0.2) is 29.6 Å². The maximum atomic E-state index is 4.43. The van der Waals surface area contributed by atoms with E-state index >= 15 is 0 Å². The van der Waals surface area contributed by atoms with Gasteiger partial charge in [-0.3, -0.25) is 0 Å². The van der Waals surface area contributed by atoms with Gasteiger partial charge in [-0.05, 0) is 42.5 Å². The molecule has 0 aromatic carbocycles. The summed E-state index contributed by atoms with van der Waals surface area (Å²) in [4.78, 5) is 6.02. The molecule has 2 aliphatic rings. The van der Waals surface area contributed by atoms with E-state index in [1.54, 1.807) is 11.3 Å². The molecular formula is C15H18N4S. The maximum absolute atomic E-state index is 4.43. The Labute approximate surface area is 123 Å². The van der Waals surface area contributed by atoms with Crippen LogP contribution < -0.4 is 4.90 Å². The van der Waals surface area contributed by atoms with Crippen molar-refractivity contribution in [2.75, 3.05) is 38.1 Å². The zero-order valence-corrected chi connectivity index (χ0v) is 12.4. The Balaban J connectivity index is 1.50. The van der Waals surface area contributed by atoms with Crippen molar-refractivity contribution in [3.63, 3.8) is 0 Å². The first-order valence-corrected chi connectivity index (χ1v) is 7.98. The highest BCUT2D eigenvalue weighted by molar-refractivity contribution is 7.13. The Morgan fingerprint density at radius 1 is 1.05 bits per heavy atom. The second kappa shape index (κ2) is 4.82. The second-order valence-corrected chi connectivity index (χ2v) is 6.85. The Kier molecular flexibility index (Phi) is 2.97. The zero-order valence-electron chi connectivity index (χ0n) is 11.6. The molecule has 0 radical (unpaired) electrons. The Morgan fingerprint density at radius 2 is 1.85 bits per heavy atom. The van der Waals surface area contributed by atoms with Gasteiger partial charge in [0.2, 0.25) is 0 Å². The van der Waals surface area contributed by atoms with Crippen LogP contribution >= 0.6 is 11.3 Å². The molecule has 2 aliphatic heterocycles. The fourth-order valence-electron chi connectivity index (χ4n) is 3.46. The molecule has 4 rings (SSSR count). The first kappa shape index (κ1) is 12.3. The predicted molar refractivity (Wildman–Crippen MR) is 82.0 cm³/mol. The highest BCUT2D eigenvalue weighted by atomic mass is 32.1. The number of fused-ring (bicyclic) bond motifs is 1. The zero-order chi connectivity index (χ0) is 13.5. The van der Waals surface area contributed by atoms with Crippen molar-refractivity contribution in [3.05, 3.63) is 29.6 Å². The van der Waals surface area contributed by atoms with E-state index in [4.69, 9.17) is 0 Å². The fourth-order valence-corrected chi connectivity index (χ4v) is 4.15. The van der Waals surface area contributed by atoms with Crippen molar-refractivity contribution in [2.45, 2.75) is 0 Å². The molecule has 0 aliphatic carbocycles. The SMILES string of the molecule is CN1CC2CN(c3ccc(-c4cccs4)nn3)CC2C1. The van der Waals surface area contributed by atoms with Gasteiger partial charge in [-0.25, -0.2) is 0 Å². The average molecular weight is 286 g/mol. The number of nitrogens with zero attached hydrogens (tertiary/aromatic N) is 4. The summed E-state index contributed by atoms with van der Waals surface area (Å²) in [6.07, 6.45) is 0. The smallest absolute Gasteiger partial charge is 0.151 e. The third-order valence-corrected chi connectivity index (χ3v) is 5.31. The first-order chi connectivity index (χ1) is 9.79. The largest absolute Gasteiger partial charge is 0.354 e. The fraction of sp³-hybridized carbons (Fsp3) is 0.467. The monoisotopic (exact) mass is 286 g/mol. The number of aromatic nitrogens is 2. The van der Waals surface area contributed by atoms with Crippen LogP contribution in [0.25, 0.3) is 10.6 Å². The lowest BCUT2D eigenvalue weighted by molar-refractivity contribution is 0.387. The lowest BCUT2D eigenvalue weighted by Crippen LogP contribution is -2.27. The molecule has 20 heavy (non-hydrogen) atoms. The lowest BCUT2D eigenvalue weighted by Gasteiger charge is -2.19. The van der Waals surface area contributed by atoms with Crippen LogP contribution in [-0.2, 0) is 0 Å². The van der Waals surface area contributed by atoms with Gasteiger partial charge in [-0.2, -0.15) is 0 Å². The molecule has 0 amide bonds. The summed E-state index contributed by atoms with van der Waals surface area (Å²) in [5.41, 5.74) is 0.975. The minimum absolute atomic E-state index is 0.804. The van der Waals surface area contributed by atoms with Crippen molar-refractivity contribution in [3.8, 4) is 10.6 Å². The van der Waals surface area contributed by atoms with Gasteiger partial charge in [0.15, 0.2) is 5.82 Å². The summed E-state index contributed by atoms with van der Waals surface area (Å²) in [7, 11) is 2.22. The first-order valence-electron chi connectivity index (χ1n) is 7.11. The van der Waals surface area contributed by atoms with E-state index in [9.17, 15) is 0 Å². The predicted octanol–water partition coefficient (Wildman–Crippen LogP) is 2.20. The summed E-state index contributed by atoms with van der Waals surface area (Å²) in [5, 5.41) is 10.9. The Morgan fingerprint density at radius 3 is 2.45 bits per heavy atom. The number of thiophene rings is 1. The highest BCUT2D eigenvalue weighted by Gasteiger charge is 2.39. The van der Waals surface area contributed by atoms with Crippen molar-refractivity contribution in [1.82, 2.24) is 15.1 Å². The molecule has 2 unspecified atom stereocenters. The van der Waals surface area contributed by atoms with E-state index in [0.29, 0.717) is 0 Å². The van der Waals surface area contributed by atoms with Gasteiger partial charge in [0.1, 0.15) is 5.69 Å². The molecule has 4 nitrogen and oxygen atoms in total. The van der Waals surface area contributed by atoms with E-state index < -0.39 is 0 Å². The summed E-state index contributed by atoms with van der Waals surface area (Å²) in [6.45, 7) is 4.70. The standard InChI is InChI=1S/C15H18N4S/c1-18-7-11-9-19(10-12(11)8-18)15-5-4-13(16-17-15)14-3-2-6-20-14/h2-6,11-12H,7-10H2,1H3. The molecule has 2 aromatic heterocycles. The summed E-state index contributed by atoms with van der Waals surface area (Å²) in [5.74, 6) is 2.64. The summed E-state index contributed by atoms with van der Waals surface area (Å²) >= 11 is 1.71. The summed E-state index contributed by atoms with van der Waals surface area (Å²) in [6, 6.07) is 8.35. The minimum atomic E-state index is 0.804. The third-order valence-electron chi connectivity index (χ3n) is 4.42. The molecule has 0 spiro atoms. The quantitative estimate of drug-likeness (QED) is 0.847. The molecule has 2 saturated heterocycles. The van der Waals surface area contributed by atoms with Crippen LogP contribution in [-0.4, -0.2) is 48.3 Å². The van der Waals surface area contributed by atoms with Crippen LogP contribution in [0.3, 0.4) is 0 Å². The van der Waals surface area contributed by atoms with Gasteiger partial charge in [0.25, 0.3) is 0 Å². The molecule has 4 heterocycles. The molecular weight excluding hydrogens is 268 g/mol. The molecule has 5 heteroatoms. The van der Waals surface area contributed by atoms with Crippen LogP contribution in [0.5, 0.6) is 0 Å². The Hall–Kier alpha value is -1.46. The van der Waals surface area contributed by atoms with E-state index in [-0.39, 0.29) is 0 Å². The van der Waals surface area contributed by atoms with Crippen LogP contribution in [0.1, 0.15) is 0 Å². The van der Waals surface area contributed by atoms with E-state index in [1.807, 2.05) is 6.07 Å². The van der Waals surface area contributed by atoms with Crippen molar-refractivity contribution in [2.24, 2.45) is 11.8 Å². The number of likely N-dealkylation sites (tertiary alicyclic amines) is 1. The number of hydrogen-bond donors (Lipinski definition) is 0. The van der Waals surface area contributed by atoms with Gasteiger partial charge in [0.05, 0.1) is 4.88 Å². The van der Waals surface area contributed by atoms with Crippen molar-refractivity contribution >= 4 is 17.2 Å². The van der Waals surface area contributed by atoms with Gasteiger partial charge in [-0.15, -0.1) is 21.5 Å². The molecule has 0 N–H and O–H groups in total. The van der Waals surface area contributed by atoms with Crippen LogP contribution in [0.4, 0.5) is 5.82 Å². The second-order valence-electron chi connectivity index (χ2n) is 5.90. The van der Waals surface area contributed by atoms with Gasteiger partial charge >= 0.3 is 0 Å². The molecule has 0 bridgehead atoms. The molecule has 2 atom stereocenters.